The fourth-order valence-corrected chi connectivity index (χ4v) is 4.40. The molecule has 2 aromatic rings. The average Bonchev–Trinajstić information content (AvgIpc) is 3.45. The van der Waals surface area contributed by atoms with Gasteiger partial charge in [-0.2, -0.15) is 0 Å². The SMILES string of the molecule is O=C(C1CC1)N1CCc2ccc(NS(=O)(=O)c3ccccc3F)cc2C1. The molecule has 1 heterocycles. The number of amides is 1. The van der Waals surface area contributed by atoms with Crippen LogP contribution in [0.5, 0.6) is 0 Å². The van der Waals surface area contributed by atoms with Crippen LogP contribution in [-0.4, -0.2) is 25.8 Å². The van der Waals surface area contributed by atoms with Crippen molar-refractivity contribution < 1.29 is 17.6 Å². The summed E-state index contributed by atoms with van der Waals surface area (Å²) in [6.45, 7) is 1.18. The van der Waals surface area contributed by atoms with E-state index in [0.717, 1.165) is 36.5 Å². The van der Waals surface area contributed by atoms with E-state index in [4.69, 9.17) is 0 Å². The summed E-state index contributed by atoms with van der Waals surface area (Å²) in [7, 11) is -4.01. The Balaban J connectivity index is 1.56. The number of rotatable bonds is 4. The molecule has 5 nitrogen and oxygen atoms in total. The lowest BCUT2D eigenvalue weighted by Gasteiger charge is -2.29. The third-order valence-electron chi connectivity index (χ3n) is 4.84. The minimum Gasteiger partial charge on any atom is -0.338 e. The number of benzene rings is 2. The predicted octanol–water partition coefficient (Wildman–Crippen LogP) is 2.92. The van der Waals surface area contributed by atoms with E-state index < -0.39 is 15.8 Å². The van der Waals surface area contributed by atoms with Crippen molar-refractivity contribution in [1.29, 1.82) is 0 Å². The lowest BCUT2D eigenvalue weighted by atomic mass is 9.99. The highest BCUT2D eigenvalue weighted by Gasteiger charge is 2.34. The van der Waals surface area contributed by atoms with Gasteiger partial charge in [0.15, 0.2) is 0 Å². The smallest absolute Gasteiger partial charge is 0.264 e. The largest absolute Gasteiger partial charge is 0.338 e. The summed E-state index contributed by atoms with van der Waals surface area (Å²) in [4.78, 5) is 13.7. The molecule has 2 aliphatic rings. The van der Waals surface area contributed by atoms with Gasteiger partial charge in [0.25, 0.3) is 10.0 Å². The molecule has 0 atom stereocenters. The van der Waals surface area contributed by atoms with E-state index in [-0.39, 0.29) is 16.7 Å². The van der Waals surface area contributed by atoms with Gasteiger partial charge in [-0.1, -0.05) is 18.2 Å². The zero-order chi connectivity index (χ0) is 18.3. The predicted molar refractivity (Wildman–Crippen MR) is 95.5 cm³/mol. The van der Waals surface area contributed by atoms with Gasteiger partial charge in [0.2, 0.25) is 5.91 Å². The number of nitrogens with zero attached hydrogens (tertiary/aromatic N) is 1. The van der Waals surface area contributed by atoms with Crippen molar-refractivity contribution in [2.45, 2.75) is 30.7 Å². The van der Waals surface area contributed by atoms with E-state index >= 15 is 0 Å². The summed E-state index contributed by atoms with van der Waals surface area (Å²) in [5, 5.41) is 0. The molecule has 0 saturated heterocycles. The van der Waals surface area contributed by atoms with E-state index in [9.17, 15) is 17.6 Å². The summed E-state index contributed by atoms with van der Waals surface area (Å²) < 4.78 is 41.1. The maximum absolute atomic E-state index is 13.8. The maximum atomic E-state index is 13.8. The van der Waals surface area contributed by atoms with Crippen LogP contribution < -0.4 is 4.72 Å². The van der Waals surface area contributed by atoms with Gasteiger partial charge >= 0.3 is 0 Å². The first-order valence-electron chi connectivity index (χ1n) is 8.62. The summed E-state index contributed by atoms with van der Waals surface area (Å²) in [6.07, 6.45) is 2.68. The van der Waals surface area contributed by atoms with Gasteiger partial charge in [0.1, 0.15) is 10.7 Å². The van der Waals surface area contributed by atoms with Crippen molar-refractivity contribution in [3.63, 3.8) is 0 Å². The average molecular weight is 374 g/mol. The Morgan fingerprint density at radius 3 is 2.62 bits per heavy atom. The zero-order valence-corrected chi connectivity index (χ0v) is 14.9. The maximum Gasteiger partial charge on any atom is 0.264 e. The van der Waals surface area contributed by atoms with Crippen LogP contribution in [0.25, 0.3) is 0 Å². The molecule has 1 N–H and O–H groups in total. The highest BCUT2D eigenvalue weighted by Crippen LogP contribution is 2.33. The van der Waals surface area contributed by atoms with Gasteiger partial charge in [-0.3, -0.25) is 9.52 Å². The standard InChI is InChI=1S/C19H19FN2O3S/c20-17-3-1-2-4-18(17)26(24,25)21-16-8-7-13-9-10-22(12-15(13)11-16)19(23)14-5-6-14/h1-4,7-8,11,14,21H,5-6,9-10,12H2. The number of sulfonamides is 1. The Morgan fingerprint density at radius 1 is 1.12 bits per heavy atom. The molecule has 0 bridgehead atoms. The second kappa shape index (κ2) is 6.39. The van der Waals surface area contributed by atoms with Crippen LogP contribution >= 0.6 is 0 Å². The molecule has 7 heteroatoms. The third kappa shape index (κ3) is 3.31. The van der Waals surface area contributed by atoms with Crippen LogP contribution in [0.1, 0.15) is 24.0 Å². The normalized spacial score (nSPS) is 16.9. The Bertz CT molecular complexity index is 970. The van der Waals surface area contributed by atoms with E-state index in [1.165, 1.54) is 18.2 Å². The minimum atomic E-state index is -4.01. The molecule has 4 rings (SSSR count). The molecule has 1 fully saturated rings. The number of fused-ring (bicyclic) bond motifs is 1. The highest BCUT2D eigenvalue weighted by atomic mass is 32.2. The van der Waals surface area contributed by atoms with Gasteiger partial charge in [-0.15, -0.1) is 0 Å². The van der Waals surface area contributed by atoms with Crippen molar-refractivity contribution in [2.75, 3.05) is 11.3 Å². The van der Waals surface area contributed by atoms with Crippen molar-refractivity contribution >= 4 is 21.6 Å². The molecule has 0 unspecified atom stereocenters. The topological polar surface area (TPSA) is 66.5 Å². The molecular formula is C19H19FN2O3S. The van der Waals surface area contributed by atoms with Crippen LogP contribution in [0.2, 0.25) is 0 Å². The molecule has 1 saturated carbocycles. The number of carbonyl (C=O) groups excluding carboxylic acids is 1. The summed E-state index contributed by atoms with van der Waals surface area (Å²) in [5.41, 5.74) is 2.41. The number of hydrogen-bond donors (Lipinski definition) is 1. The van der Waals surface area contributed by atoms with Crippen LogP contribution in [0, 0.1) is 11.7 Å². The van der Waals surface area contributed by atoms with E-state index in [1.54, 1.807) is 12.1 Å². The van der Waals surface area contributed by atoms with E-state index in [2.05, 4.69) is 4.72 Å². The van der Waals surface area contributed by atoms with Crippen molar-refractivity contribution in [2.24, 2.45) is 5.92 Å². The lowest BCUT2D eigenvalue weighted by Crippen LogP contribution is -2.36. The summed E-state index contributed by atoms with van der Waals surface area (Å²) >= 11 is 0. The lowest BCUT2D eigenvalue weighted by molar-refractivity contribution is -0.133. The molecule has 1 aliphatic heterocycles. The molecule has 0 aromatic heterocycles. The molecule has 1 amide bonds. The fourth-order valence-electron chi connectivity index (χ4n) is 3.27. The number of nitrogens with one attached hydrogen (secondary N) is 1. The second-order valence-corrected chi connectivity index (χ2v) is 8.45. The number of hydrogen-bond acceptors (Lipinski definition) is 3. The summed E-state index contributed by atoms with van der Waals surface area (Å²) in [5.74, 6) is -0.438. The molecule has 0 spiro atoms. The molecule has 0 radical (unpaired) electrons. The summed E-state index contributed by atoms with van der Waals surface area (Å²) in [6, 6.07) is 10.5. The Kier molecular flexibility index (Phi) is 4.19. The first-order chi connectivity index (χ1) is 12.4. The molecule has 136 valence electrons. The quantitative estimate of drug-likeness (QED) is 0.895. The van der Waals surface area contributed by atoms with Gasteiger partial charge in [0, 0.05) is 24.7 Å². The van der Waals surface area contributed by atoms with Crippen LogP contribution in [0.3, 0.4) is 0 Å². The molecule has 26 heavy (non-hydrogen) atoms. The van der Waals surface area contributed by atoms with Gasteiger partial charge in [0.05, 0.1) is 0 Å². The van der Waals surface area contributed by atoms with Crippen LogP contribution in [0.4, 0.5) is 10.1 Å². The van der Waals surface area contributed by atoms with Gasteiger partial charge < -0.3 is 4.90 Å². The Labute approximate surface area is 151 Å². The fraction of sp³-hybridized carbons (Fsp3) is 0.316. The van der Waals surface area contributed by atoms with Crippen molar-refractivity contribution in [1.82, 2.24) is 4.90 Å². The van der Waals surface area contributed by atoms with Crippen LogP contribution in [-0.2, 0) is 27.8 Å². The van der Waals surface area contributed by atoms with Gasteiger partial charge in [-0.05, 0) is 54.7 Å². The van der Waals surface area contributed by atoms with E-state index in [0.29, 0.717) is 18.8 Å². The second-order valence-electron chi connectivity index (χ2n) is 6.80. The van der Waals surface area contributed by atoms with Gasteiger partial charge in [-0.25, -0.2) is 12.8 Å². The Morgan fingerprint density at radius 2 is 1.88 bits per heavy atom. The zero-order valence-electron chi connectivity index (χ0n) is 14.1. The first-order valence-corrected chi connectivity index (χ1v) is 10.1. The molecule has 1 aliphatic carbocycles. The minimum absolute atomic E-state index is 0.166. The Hall–Kier alpha value is -2.41. The first kappa shape index (κ1) is 17.0. The van der Waals surface area contributed by atoms with Crippen molar-refractivity contribution in [3.05, 3.63) is 59.4 Å². The van der Waals surface area contributed by atoms with Crippen LogP contribution in [0.15, 0.2) is 47.4 Å². The number of halogens is 1. The monoisotopic (exact) mass is 374 g/mol. The van der Waals surface area contributed by atoms with E-state index in [1.807, 2.05) is 11.0 Å². The highest BCUT2D eigenvalue weighted by molar-refractivity contribution is 7.92. The molecule has 2 aromatic carbocycles. The molecular weight excluding hydrogens is 355 g/mol. The number of carbonyl (C=O) groups is 1. The number of anilines is 1. The van der Waals surface area contributed by atoms with Crippen molar-refractivity contribution in [3.8, 4) is 0 Å². The third-order valence-corrected chi connectivity index (χ3v) is 6.25.